The summed E-state index contributed by atoms with van der Waals surface area (Å²) in [5.74, 6) is 0.672. The van der Waals surface area contributed by atoms with Gasteiger partial charge in [-0.05, 0) is 32.9 Å². The summed E-state index contributed by atoms with van der Waals surface area (Å²) >= 11 is 7.68. The Morgan fingerprint density at radius 1 is 1.47 bits per heavy atom. The van der Waals surface area contributed by atoms with Crippen LogP contribution in [0.5, 0.6) is 0 Å². The van der Waals surface area contributed by atoms with Crippen LogP contribution < -0.4 is 5.32 Å². The Balaban J connectivity index is 2.66. The normalized spacial score (nSPS) is 14.4. The van der Waals surface area contributed by atoms with Crippen LogP contribution in [-0.4, -0.2) is 17.3 Å². The molecular formula is C13H17ClN2S. The van der Waals surface area contributed by atoms with Gasteiger partial charge in [0, 0.05) is 16.7 Å². The molecule has 0 aliphatic carbocycles. The van der Waals surface area contributed by atoms with Gasteiger partial charge in [0.2, 0.25) is 0 Å². The van der Waals surface area contributed by atoms with Crippen LogP contribution in [0.4, 0.5) is 0 Å². The van der Waals surface area contributed by atoms with E-state index in [0.717, 1.165) is 9.92 Å². The van der Waals surface area contributed by atoms with E-state index in [9.17, 15) is 5.26 Å². The maximum Gasteiger partial charge on any atom is 0.113 e. The molecule has 1 aromatic carbocycles. The molecule has 0 amide bonds. The minimum absolute atomic E-state index is 0.284. The Morgan fingerprint density at radius 3 is 2.65 bits per heavy atom. The second-order valence-electron chi connectivity index (χ2n) is 4.46. The lowest BCUT2D eigenvalue weighted by Crippen LogP contribution is -2.47. The molecule has 1 rings (SSSR count). The summed E-state index contributed by atoms with van der Waals surface area (Å²) in [5.41, 5.74) is -0.530. The average molecular weight is 269 g/mol. The molecule has 1 aromatic rings. The monoisotopic (exact) mass is 268 g/mol. The van der Waals surface area contributed by atoms with Crippen molar-refractivity contribution in [2.75, 3.05) is 5.75 Å². The summed E-state index contributed by atoms with van der Waals surface area (Å²) in [4.78, 5) is 1.01. The fourth-order valence-corrected chi connectivity index (χ4v) is 2.80. The van der Waals surface area contributed by atoms with Gasteiger partial charge >= 0.3 is 0 Å². The lowest BCUT2D eigenvalue weighted by Gasteiger charge is -2.25. The fraction of sp³-hybridized carbons (Fsp3) is 0.462. The number of hydrogen-bond donors (Lipinski definition) is 1. The van der Waals surface area contributed by atoms with Crippen molar-refractivity contribution in [2.24, 2.45) is 0 Å². The highest BCUT2D eigenvalue weighted by Gasteiger charge is 2.24. The van der Waals surface area contributed by atoms with Gasteiger partial charge in [0.05, 0.1) is 11.1 Å². The summed E-state index contributed by atoms with van der Waals surface area (Å²) in [6, 6.07) is 10.3. The molecule has 0 bridgehead atoms. The Hall–Kier alpha value is -0.690. The third kappa shape index (κ3) is 4.59. The number of benzene rings is 1. The first-order valence-corrected chi connectivity index (χ1v) is 6.89. The van der Waals surface area contributed by atoms with Gasteiger partial charge < -0.3 is 0 Å². The zero-order valence-corrected chi connectivity index (χ0v) is 11.9. The van der Waals surface area contributed by atoms with E-state index < -0.39 is 5.54 Å². The third-order valence-corrected chi connectivity index (χ3v) is 4.04. The van der Waals surface area contributed by atoms with Crippen molar-refractivity contribution in [3.63, 3.8) is 0 Å². The Labute approximate surface area is 112 Å². The predicted molar refractivity (Wildman–Crippen MR) is 74.5 cm³/mol. The van der Waals surface area contributed by atoms with Crippen molar-refractivity contribution in [3.8, 4) is 6.07 Å². The van der Waals surface area contributed by atoms with E-state index in [-0.39, 0.29) is 6.04 Å². The number of nitriles is 1. The van der Waals surface area contributed by atoms with E-state index in [2.05, 4.69) is 11.4 Å². The van der Waals surface area contributed by atoms with Crippen LogP contribution in [-0.2, 0) is 0 Å². The molecule has 0 radical (unpaired) electrons. The van der Waals surface area contributed by atoms with Gasteiger partial charge in [-0.3, -0.25) is 5.32 Å². The number of rotatable bonds is 5. The molecule has 0 spiro atoms. The molecular weight excluding hydrogens is 252 g/mol. The highest BCUT2D eigenvalue weighted by Crippen LogP contribution is 2.29. The largest absolute Gasteiger partial charge is 0.297 e. The first kappa shape index (κ1) is 14.4. The maximum atomic E-state index is 9.22. The molecule has 1 unspecified atom stereocenters. The maximum absolute atomic E-state index is 9.22. The van der Waals surface area contributed by atoms with Crippen molar-refractivity contribution in [1.29, 1.82) is 5.26 Å². The number of thioether (sulfide) groups is 1. The third-order valence-electron chi connectivity index (χ3n) is 2.21. The number of nitrogens with zero attached hydrogens (tertiary/aromatic N) is 1. The average Bonchev–Trinajstić information content (AvgIpc) is 2.27. The molecule has 0 aliphatic rings. The summed E-state index contributed by atoms with van der Waals surface area (Å²) in [6.07, 6.45) is 0. The highest BCUT2D eigenvalue weighted by atomic mass is 35.5. The fourth-order valence-electron chi connectivity index (χ4n) is 1.53. The van der Waals surface area contributed by atoms with E-state index >= 15 is 0 Å². The minimum atomic E-state index is -0.530. The zero-order valence-electron chi connectivity index (χ0n) is 10.3. The summed E-state index contributed by atoms with van der Waals surface area (Å²) < 4.78 is 0. The standard InChI is InChI=1S/C13H17ClN2S/c1-10(2)16-13(3,8-15)9-17-12-7-5-4-6-11(12)14/h4-7,10,16H,9H2,1-3H3. The smallest absolute Gasteiger partial charge is 0.113 e. The van der Waals surface area contributed by atoms with Crippen molar-refractivity contribution >= 4 is 23.4 Å². The van der Waals surface area contributed by atoms with E-state index in [1.807, 2.05) is 45.0 Å². The van der Waals surface area contributed by atoms with Gasteiger partial charge in [-0.15, -0.1) is 11.8 Å². The Morgan fingerprint density at radius 2 is 2.12 bits per heavy atom. The summed E-state index contributed by atoms with van der Waals surface area (Å²) in [5, 5.41) is 13.2. The second kappa shape index (κ2) is 6.30. The summed E-state index contributed by atoms with van der Waals surface area (Å²) in [7, 11) is 0. The molecule has 0 saturated carbocycles. The van der Waals surface area contributed by atoms with Crippen LogP contribution in [0.1, 0.15) is 20.8 Å². The summed E-state index contributed by atoms with van der Waals surface area (Å²) in [6.45, 7) is 5.99. The van der Waals surface area contributed by atoms with E-state index in [4.69, 9.17) is 11.6 Å². The first-order chi connectivity index (χ1) is 7.97. The van der Waals surface area contributed by atoms with Crippen molar-refractivity contribution < 1.29 is 0 Å². The second-order valence-corrected chi connectivity index (χ2v) is 5.89. The molecule has 1 atom stereocenters. The molecule has 17 heavy (non-hydrogen) atoms. The zero-order chi connectivity index (χ0) is 12.9. The lowest BCUT2D eigenvalue weighted by atomic mass is 10.1. The van der Waals surface area contributed by atoms with Crippen molar-refractivity contribution in [3.05, 3.63) is 29.3 Å². The molecule has 0 fully saturated rings. The molecule has 0 saturated heterocycles. The topological polar surface area (TPSA) is 35.8 Å². The van der Waals surface area contributed by atoms with Gasteiger partial charge in [-0.1, -0.05) is 23.7 Å². The van der Waals surface area contributed by atoms with E-state index in [1.165, 1.54) is 0 Å². The minimum Gasteiger partial charge on any atom is -0.297 e. The van der Waals surface area contributed by atoms with Crippen molar-refractivity contribution in [1.82, 2.24) is 5.32 Å². The SMILES string of the molecule is CC(C)NC(C)(C#N)CSc1ccccc1Cl. The van der Waals surface area contributed by atoms with Crippen LogP contribution in [0, 0.1) is 11.3 Å². The van der Waals surface area contributed by atoms with E-state index in [1.54, 1.807) is 11.8 Å². The molecule has 0 aromatic heterocycles. The number of hydrogen-bond acceptors (Lipinski definition) is 3. The highest BCUT2D eigenvalue weighted by molar-refractivity contribution is 7.99. The van der Waals surface area contributed by atoms with Gasteiger partial charge in [0.1, 0.15) is 5.54 Å². The van der Waals surface area contributed by atoms with Gasteiger partial charge in [0.25, 0.3) is 0 Å². The first-order valence-electron chi connectivity index (χ1n) is 5.53. The van der Waals surface area contributed by atoms with Crippen LogP contribution >= 0.6 is 23.4 Å². The Bertz CT molecular complexity index is 414. The Kier molecular flexibility index (Phi) is 5.32. The van der Waals surface area contributed by atoms with Gasteiger partial charge in [-0.2, -0.15) is 5.26 Å². The predicted octanol–water partition coefficient (Wildman–Crippen LogP) is 3.71. The van der Waals surface area contributed by atoms with E-state index in [0.29, 0.717) is 5.75 Å². The van der Waals surface area contributed by atoms with Crippen molar-refractivity contribution in [2.45, 2.75) is 37.2 Å². The van der Waals surface area contributed by atoms with Crippen LogP contribution in [0.2, 0.25) is 5.02 Å². The molecule has 0 heterocycles. The molecule has 1 N–H and O–H groups in total. The van der Waals surface area contributed by atoms with Crippen LogP contribution in [0.25, 0.3) is 0 Å². The lowest BCUT2D eigenvalue weighted by molar-refractivity contribution is 0.443. The molecule has 2 nitrogen and oxygen atoms in total. The molecule has 4 heteroatoms. The number of nitrogens with one attached hydrogen (secondary N) is 1. The molecule has 0 aliphatic heterocycles. The quantitative estimate of drug-likeness (QED) is 0.827. The van der Waals surface area contributed by atoms with Gasteiger partial charge in [0.15, 0.2) is 0 Å². The molecule has 92 valence electrons. The van der Waals surface area contributed by atoms with Gasteiger partial charge in [-0.25, -0.2) is 0 Å². The number of halogens is 1. The van der Waals surface area contributed by atoms with Crippen LogP contribution in [0.3, 0.4) is 0 Å². The van der Waals surface area contributed by atoms with Crippen LogP contribution in [0.15, 0.2) is 29.2 Å².